The fourth-order valence-electron chi connectivity index (χ4n) is 2.15. The van der Waals surface area contributed by atoms with Crippen LogP contribution in [-0.2, 0) is 11.2 Å². The summed E-state index contributed by atoms with van der Waals surface area (Å²) in [5.41, 5.74) is 2.53. The highest BCUT2D eigenvalue weighted by Gasteiger charge is 2.16. The third-order valence-electron chi connectivity index (χ3n) is 3.17. The molecule has 0 saturated carbocycles. The Balaban J connectivity index is 1.96. The average Bonchev–Trinajstić information content (AvgIpc) is 2.86. The van der Waals surface area contributed by atoms with Crippen LogP contribution >= 0.6 is 11.8 Å². The van der Waals surface area contributed by atoms with Gasteiger partial charge in [0.05, 0.1) is 12.5 Å². The Morgan fingerprint density at radius 1 is 1.37 bits per heavy atom. The van der Waals surface area contributed by atoms with E-state index in [1.54, 1.807) is 11.8 Å². The molecule has 0 aliphatic heterocycles. The number of carbonyl (C=O) groups excluding carboxylic acids is 1. The van der Waals surface area contributed by atoms with Crippen molar-refractivity contribution in [3.05, 3.63) is 41.1 Å². The lowest BCUT2D eigenvalue weighted by molar-refractivity contribution is -0.119. The smallest absolute Gasteiger partial charge is 0.228 e. The molecule has 1 aliphatic carbocycles. The molecule has 0 radical (unpaired) electrons. The maximum Gasteiger partial charge on any atom is 0.228 e. The van der Waals surface area contributed by atoms with Crippen molar-refractivity contribution in [2.75, 3.05) is 6.26 Å². The summed E-state index contributed by atoms with van der Waals surface area (Å²) in [5.74, 6) is -0.0402. The Morgan fingerprint density at radius 3 is 2.74 bits per heavy atom. The molecule has 1 amide bonds. The zero-order chi connectivity index (χ0) is 13.7. The van der Waals surface area contributed by atoms with Crippen LogP contribution < -0.4 is 5.32 Å². The van der Waals surface area contributed by atoms with Crippen LogP contribution in [0.4, 0.5) is 0 Å². The number of nitrogens with zero attached hydrogens (tertiary/aromatic N) is 1. The maximum atomic E-state index is 11.9. The van der Waals surface area contributed by atoms with Crippen LogP contribution in [0.3, 0.4) is 0 Å². The van der Waals surface area contributed by atoms with E-state index in [-0.39, 0.29) is 5.91 Å². The van der Waals surface area contributed by atoms with Gasteiger partial charge in [-0.1, -0.05) is 12.1 Å². The van der Waals surface area contributed by atoms with Crippen molar-refractivity contribution in [2.45, 2.75) is 30.6 Å². The van der Waals surface area contributed by atoms with E-state index in [9.17, 15) is 4.79 Å². The molecule has 2 rings (SSSR count). The molecule has 0 saturated heterocycles. The molecule has 1 aromatic rings. The van der Waals surface area contributed by atoms with E-state index in [2.05, 4.69) is 11.4 Å². The molecule has 0 heterocycles. The van der Waals surface area contributed by atoms with Crippen LogP contribution in [0.25, 0.3) is 0 Å². The first-order valence-corrected chi connectivity index (χ1v) is 7.50. The average molecular weight is 272 g/mol. The second-order valence-corrected chi connectivity index (χ2v) is 5.38. The summed E-state index contributed by atoms with van der Waals surface area (Å²) >= 11 is 1.68. The van der Waals surface area contributed by atoms with Gasteiger partial charge in [0, 0.05) is 16.2 Å². The lowest BCUT2D eigenvalue weighted by Gasteiger charge is -2.07. The summed E-state index contributed by atoms with van der Waals surface area (Å²) in [6, 6.07) is 10.1. The number of hydrogen-bond acceptors (Lipinski definition) is 3. The van der Waals surface area contributed by atoms with Crippen molar-refractivity contribution in [2.24, 2.45) is 0 Å². The van der Waals surface area contributed by atoms with E-state index >= 15 is 0 Å². The van der Waals surface area contributed by atoms with Gasteiger partial charge in [0.1, 0.15) is 0 Å². The molecule has 98 valence electrons. The van der Waals surface area contributed by atoms with Crippen LogP contribution in [0.15, 0.2) is 40.4 Å². The second-order valence-electron chi connectivity index (χ2n) is 4.50. The predicted octanol–water partition coefficient (Wildman–Crippen LogP) is 3.03. The Kier molecular flexibility index (Phi) is 4.64. The molecule has 0 atom stereocenters. The van der Waals surface area contributed by atoms with Gasteiger partial charge in [0.25, 0.3) is 0 Å². The standard InChI is InChI=1S/C15H16N2OS/c1-19-13-7-5-11(6-8-13)9-15(18)17-14-4-2-3-12(14)10-16/h5-8H,2-4,9H2,1H3,(H,17,18). The fraction of sp³-hybridized carbons (Fsp3) is 0.333. The van der Waals surface area contributed by atoms with Crippen molar-refractivity contribution < 1.29 is 4.79 Å². The SMILES string of the molecule is CSc1ccc(CC(=O)NC2=C(C#N)CCC2)cc1. The largest absolute Gasteiger partial charge is 0.329 e. The Bertz CT molecular complexity index is 540. The van der Waals surface area contributed by atoms with Gasteiger partial charge in [-0.05, 0) is 43.2 Å². The lowest BCUT2D eigenvalue weighted by atomic mass is 10.1. The summed E-state index contributed by atoms with van der Waals surface area (Å²) in [4.78, 5) is 13.1. The summed E-state index contributed by atoms with van der Waals surface area (Å²) in [7, 11) is 0. The van der Waals surface area contributed by atoms with Crippen LogP contribution in [0.5, 0.6) is 0 Å². The summed E-state index contributed by atoms with van der Waals surface area (Å²) in [6.07, 6.45) is 4.93. The minimum atomic E-state index is -0.0402. The molecular formula is C15H16N2OS. The summed E-state index contributed by atoms with van der Waals surface area (Å²) in [5, 5.41) is 11.8. The van der Waals surface area contributed by atoms with Crippen molar-refractivity contribution in [1.29, 1.82) is 5.26 Å². The first-order chi connectivity index (χ1) is 9.22. The van der Waals surface area contributed by atoms with Crippen LogP contribution in [0.1, 0.15) is 24.8 Å². The molecule has 0 fully saturated rings. The normalized spacial score (nSPS) is 14.3. The third-order valence-corrected chi connectivity index (χ3v) is 3.91. The van der Waals surface area contributed by atoms with E-state index in [1.807, 2.05) is 30.5 Å². The fourth-order valence-corrected chi connectivity index (χ4v) is 2.55. The zero-order valence-electron chi connectivity index (χ0n) is 10.9. The van der Waals surface area contributed by atoms with Gasteiger partial charge in [-0.3, -0.25) is 4.79 Å². The van der Waals surface area contributed by atoms with Gasteiger partial charge >= 0.3 is 0 Å². The van der Waals surface area contributed by atoms with Gasteiger partial charge in [-0.15, -0.1) is 11.8 Å². The number of nitriles is 1. The van der Waals surface area contributed by atoms with E-state index in [4.69, 9.17) is 5.26 Å². The summed E-state index contributed by atoms with van der Waals surface area (Å²) < 4.78 is 0. The monoisotopic (exact) mass is 272 g/mol. The van der Waals surface area contributed by atoms with Gasteiger partial charge in [0.2, 0.25) is 5.91 Å². The van der Waals surface area contributed by atoms with Crippen LogP contribution in [0, 0.1) is 11.3 Å². The number of rotatable bonds is 4. The number of hydrogen-bond donors (Lipinski definition) is 1. The van der Waals surface area contributed by atoms with Crippen LogP contribution in [-0.4, -0.2) is 12.2 Å². The predicted molar refractivity (Wildman–Crippen MR) is 76.6 cm³/mol. The number of amides is 1. The van der Waals surface area contributed by atoms with E-state index < -0.39 is 0 Å². The van der Waals surface area contributed by atoms with E-state index in [0.29, 0.717) is 6.42 Å². The van der Waals surface area contributed by atoms with Gasteiger partial charge in [-0.25, -0.2) is 0 Å². The molecule has 1 aliphatic rings. The van der Waals surface area contributed by atoms with Crippen molar-refractivity contribution in [1.82, 2.24) is 5.32 Å². The first-order valence-electron chi connectivity index (χ1n) is 6.28. The third kappa shape index (κ3) is 3.62. The first kappa shape index (κ1) is 13.7. The lowest BCUT2D eigenvalue weighted by Crippen LogP contribution is -2.24. The number of benzene rings is 1. The van der Waals surface area contributed by atoms with Crippen molar-refractivity contribution in [3.63, 3.8) is 0 Å². The highest BCUT2D eigenvalue weighted by atomic mass is 32.2. The van der Waals surface area contributed by atoms with Gasteiger partial charge < -0.3 is 5.32 Å². The maximum absolute atomic E-state index is 11.9. The number of thioether (sulfide) groups is 1. The molecule has 0 spiro atoms. The Morgan fingerprint density at radius 2 is 2.11 bits per heavy atom. The van der Waals surface area contributed by atoms with Crippen LogP contribution in [0.2, 0.25) is 0 Å². The molecule has 0 unspecified atom stereocenters. The Hall–Kier alpha value is -1.73. The van der Waals surface area contributed by atoms with E-state index in [0.717, 1.165) is 36.1 Å². The highest BCUT2D eigenvalue weighted by Crippen LogP contribution is 2.23. The minimum absolute atomic E-state index is 0.0402. The highest BCUT2D eigenvalue weighted by molar-refractivity contribution is 7.98. The molecular weight excluding hydrogens is 256 g/mol. The Labute approximate surface area is 117 Å². The number of allylic oxidation sites excluding steroid dienone is 2. The topological polar surface area (TPSA) is 52.9 Å². The van der Waals surface area contributed by atoms with Gasteiger partial charge in [-0.2, -0.15) is 5.26 Å². The minimum Gasteiger partial charge on any atom is -0.329 e. The molecule has 4 heteroatoms. The zero-order valence-corrected chi connectivity index (χ0v) is 11.7. The molecule has 0 bridgehead atoms. The molecule has 1 N–H and O–H groups in total. The molecule has 3 nitrogen and oxygen atoms in total. The quantitative estimate of drug-likeness (QED) is 0.857. The second kappa shape index (κ2) is 6.44. The van der Waals surface area contributed by atoms with Gasteiger partial charge in [0.15, 0.2) is 0 Å². The van der Waals surface area contributed by atoms with Crippen molar-refractivity contribution in [3.8, 4) is 6.07 Å². The summed E-state index contributed by atoms with van der Waals surface area (Å²) in [6.45, 7) is 0. The molecule has 0 aromatic heterocycles. The molecule has 1 aromatic carbocycles. The number of carbonyl (C=O) groups is 1. The number of nitrogens with one attached hydrogen (secondary N) is 1. The van der Waals surface area contributed by atoms with Crippen molar-refractivity contribution >= 4 is 17.7 Å². The molecule has 19 heavy (non-hydrogen) atoms. The van der Waals surface area contributed by atoms with E-state index in [1.165, 1.54) is 4.90 Å².